The van der Waals surface area contributed by atoms with Crippen LogP contribution in [0.3, 0.4) is 0 Å². The molecule has 0 heterocycles. The summed E-state index contributed by atoms with van der Waals surface area (Å²) in [5.41, 5.74) is 3.38. The van der Waals surface area contributed by atoms with Crippen molar-refractivity contribution in [1.29, 1.82) is 0 Å². The van der Waals surface area contributed by atoms with Gasteiger partial charge in [-0.2, -0.15) is 0 Å². The first-order valence-electron chi connectivity index (χ1n) is 10.3. The van der Waals surface area contributed by atoms with Crippen molar-refractivity contribution in [2.45, 2.75) is 38.3 Å². The maximum atomic E-state index is 12.6. The molecule has 3 atom stereocenters. The van der Waals surface area contributed by atoms with Gasteiger partial charge in [0.15, 0.2) is 0 Å². The van der Waals surface area contributed by atoms with Crippen molar-refractivity contribution in [3.05, 3.63) is 108 Å². The van der Waals surface area contributed by atoms with E-state index in [1.165, 1.54) is 0 Å². The molecule has 5 heteroatoms. The van der Waals surface area contributed by atoms with E-state index in [9.17, 15) is 9.67 Å². The summed E-state index contributed by atoms with van der Waals surface area (Å²) in [6, 6.07) is 30.0. The molecule has 0 fully saturated rings. The second-order valence-electron chi connectivity index (χ2n) is 7.25. The van der Waals surface area contributed by atoms with E-state index in [-0.39, 0.29) is 6.04 Å². The Morgan fingerprint density at radius 1 is 0.800 bits per heavy atom. The number of hydrogen-bond donors (Lipinski definition) is 1. The lowest BCUT2D eigenvalue weighted by molar-refractivity contribution is 0.0772. The quantitative estimate of drug-likeness (QED) is 0.421. The zero-order valence-corrected chi connectivity index (χ0v) is 18.2. The predicted octanol–water partition coefficient (Wildman–Crippen LogP) is 5.40. The maximum Gasteiger partial charge on any atom is 0.542 e. The highest BCUT2D eigenvalue weighted by Gasteiger charge is 2.41. The van der Waals surface area contributed by atoms with Crippen LogP contribution in [0, 0.1) is 0 Å². The van der Waals surface area contributed by atoms with Crippen molar-refractivity contribution < 1.29 is 14.2 Å². The monoisotopic (exact) mass is 422 g/mol. The second kappa shape index (κ2) is 11.7. The molecule has 0 radical (unpaired) electrons. The van der Waals surface area contributed by atoms with Crippen LogP contribution in [0.15, 0.2) is 91.0 Å². The van der Waals surface area contributed by atoms with Gasteiger partial charge in [-0.15, -0.1) is 4.52 Å². The van der Waals surface area contributed by atoms with E-state index in [2.05, 4.69) is 29.2 Å². The molecule has 0 aliphatic carbocycles. The Labute approximate surface area is 180 Å². The highest BCUT2D eigenvalue weighted by molar-refractivity contribution is 7.39. The molecule has 3 aromatic rings. The smallest absolute Gasteiger partial charge is 0.347 e. The Balaban J connectivity index is 1.93. The minimum atomic E-state index is -2.20. The van der Waals surface area contributed by atoms with Crippen molar-refractivity contribution in [2.24, 2.45) is 0 Å². The molecule has 0 bridgehead atoms. The summed E-state index contributed by atoms with van der Waals surface area (Å²) in [6.07, 6.45) is 0.579. The summed E-state index contributed by atoms with van der Waals surface area (Å²) in [7, 11) is -2.20. The first-order chi connectivity index (χ1) is 14.7. The maximum absolute atomic E-state index is 12.6. The Morgan fingerprint density at radius 2 is 1.23 bits per heavy atom. The van der Waals surface area contributed by atoms with Gasteiger partial charge < -0.3 is 5.11 Å². The number of aliphatic hydroxyl groups excluding tert-OH is 1. The van der Waals surface area contributed by atoms with Gasteiger partial charge in [0, 0.05) is 13.1 Å². The van der Waals surface area contributed by atoms with Gasteiger partial charge in [0.1, 0.15) is 0 Å². The van der Waals surface area contributed by atoms with Crippen LogP contribution in [0.2, 0.25) is 0 Å². The molecule has 0 spiro atoms. The number of rotatable bonds is 11. The zero-order chi connectivity index (χ0) is 21.2. The van der Waals surface area contributed by atoms with Gasteiger partial charge in [0.05, 0.1) is 12.6 Å². The van der Waals surface area contributed by atoms with E-state index in [1.54, 1.807) is 6.92 Å². The molecular weight excluding hydrogens is 393 g/mol. The number of benzene rings is 3. The fraction of sp³-hybridized carbons (Fsp3) is 0.280. The first-order valence-corrected chi connectivity index (χ1v) is 11.5. The van der Waals surface area contributed by atoms with Gasteiger partial charge in [-0.05, 0) is 34.6 Å². The molecule has 0 aliphatic heterocycles. The lowest BCUT2D eigenvalue weighted by Gasteiger charge is -2.31. The number of aliphatic hydroxyl groups is 1. The van der Waals surface area contributed by atoms with Crippen LogP contribution < -0.4 is 0 Å². The van der Waals surface area contributed by atoms with Crippen molar-refractivity contribution in [1.82, 2.24) is 4.90 Å². The molecule has 1 N–H and O–H groups in total. The molecule has 4 nitrogen and oxygen atoms in total. The zero-order valence-electron chi connectivity index (χ0n) is 17.3. The third-order valence-electron chi connectivity index (χ3n) is 5.03. The van der Waals surface area contributed by atoms with E-state index < -0.39 is 13.9 Å². The average Bonchev–Trinajstić information content (AvgIpc) is 2.79. The second-order valence-corrected chi connectivity index (χ2v) is 8.61. The minimum Gasteiger partial charge on any atom is -0.347 e. The highest BCUT2D eigenvalue weighted by atomic mass is 31.1. The number of hydrogen-bond acceptors (Lipinski definition) is 4. The van der Waals surface area contributed by atoms with Gasteiger partial charge in [0.2, 0.25) is 0 Å². The van der Waals surface area contributed by atoms with Crippen molar-refractivity contribution in [2.75, 3.05) is 6.61 Å². The molecule has 0 saturated carbocycles. The topological polar surface area (TPSA) is 49.8 Å². The SMILES string of the molecule is CCO[P+](=O)[C@@H](O)[C@H](Cc1ccccc1)N(Cc1ccccc1)Cc1ccccc1. The molecular formula is C25H29NO3P+. The molecule has 0 amide bonds. The molecule has 1 unspecified atom stereocenters. The van der Waals surface area contributed by atoms with E-state index in [0.717, 1.165) is 16.7 Å². The first kappa shape index (κ1) is 22.3. The predicted molar refractivity (Wildman–Crippen MR) is 121 cm³/mol. The van der Waals surface area contributed by atoms with Crippen molar-refractivity contribution in [3.63, 3.8) is 0 Å². The Hall–Kier alpha value is -2.36. The Kier molecular flexibility index (Phi) is 8.73. The van der Waals surface area contributed by atoms with Crippen LogP contribution in [-0.4, -0.2) is 28.5 Å². The van der Waals surface area contributed by atoms with E-state index in [4.69, 9.17) is 4.52 Å². The Bertz CT molecular complexity index is 849. The van der Waals surface area contributed by atoms with Crippen LogP contribution >= 0.6 is 8.03 Å². The van der Waals surface area contributed by atoms with Crippen molar-refractivity contribution in [3.8, 4) is 0 Å². The summed E-state index contributed by atoms with van der Waals surface area (Å²) in [5, 5.41) is 11.0. The standard InChI is InChI=1S/C25H29NO3P/c1-2-29-30(28)25(27)24(18-21-12-6-3-7-13-21)26(19-22-14-8-4-9-15-22)20-23-16-10-5-11-17-23/h3-17,24-25,27H,2,18-20H2,1H3/q+1/t24-,25+/m0/s1. The summed E-state index contributed by atoms with van der Waals surface area (Å²) in [6.45, 7) is 3.37. The fourth-order valence-electron chi connectivity index (χ4n) is 3.55. The van der Waals surface area contributed by atoms with Gasteiger partial charge in [-0.3, -0.25) is 4.90 Å². The van der Waals surface area contributed by atoms with Crippen LogP contribution in [-0.2, 0) is 28.6 Å². The average molecular weight is 422 g/mol. The lowest BCUT2D eigenvalue weighted by Crippen LogP contribution is -2.43. The van der Waals surface area contributed by atoms with Crippen LogP contribution in [0.4, 0.5) is 0 Å². The van der Waals surface area contributed by atoms with Crippen LogP contribution in [0.1, 0.15) is 23.6 Å². The molecule has 3 aromatic carbocycles. The van der Waals surface area contributed by atoms with Crippen LogP contribution in [0.5, 0.6) is 0 Å². The van der Waals surface area contributed by atoms with E-state index >= 15 is 0 Å². The van der Waals surface area contributed by atoms with Gasteiger partial charge >= 0.3 is 13.9 Å². The fourth-order valence-corrected chi connectivity index (χ4v) is 4.53. The van der Waals surface area contributed by atoms with Crippen LogP contribution in [0.25, 0.3) is 0 Å². The molecule has 0 aliphatic rings. The lowest BCUT2D eigenvalue weighted by atomic mass is 10.0. The van der Waals surface area contributed by atoms with Gasteiger partial charge in [-0.1, -0.05) is 91.0 Å². The molecule has 0 saturated heterocycles. The molecule has 30 heavy (non-hydrogen) atoms. The van der Waals surface area contributed by atoms with Crippen molar-refractivity contribution >= 4 is 8.03 Å². The summed E-state index contributed by atoms with van der Waals surface area (Å²) in [4.78, 5) is 2.20. The third-order valence-corrected chi connectivity index (χ3v) is 6.32. The van der Waals surface area contributed by atoms with Gasteiger partial charge in [-0.25, -0.2) is 0 Å². The summed E-state index contributed by atoms with van der Waals surface area (Å²) < 4.78 is 17.9. The van der Waals surface area contributed by atoms with E-state index in [0.29, 0.717) is 26.1 Å². The molecule has 0 aromatic heterocycles. The highest BCUT2D eigenvalue weighted by Crippen LogP contribution is 2.34. The van der Waals surface area contributed by atoms with E-state index in [1.807, 2.05) is 66.7 Å². The summed E-state index contributed by atoms with van der Waals surface area (Å²) >= 11 is 0. The third kappa shape index (κ3) is 6.58. The minimum absolute atomic E-state index is 0.307. The largest absolute Gasteiger partial charge is 0.542 e. The van der Waals surface area contributed by atoms with Gasteiger partial charge in [0.25, 0.3) is 0 Å². The Morgan fingerprint density at radius 3 is 1.67 bits per heavy atom. The number of nitrogens with zero attached hydrogens (tertiary/aromatic N) is 1. The normalized spacial score (nSPS) is 13.8. The molecule has 156 valence electrons. The summed E-state index contributed by atoms with van der Waals surface area (Å²) in [5.74, 6) is -1.09. The molecule has 3 rings (SSSR count).